The summed E-state index contributed by atoms with van der Waals surface area (Å²) in [5.74, 6) is 0. The molecule has 0 aromatic heterocycles. The second-order valence-corrected chi connectivity index (χ2v) is 10.7. The Kier molecular flexibility index (Phi) is 15.6. The normalized spacial score (nSPS) is 12.3. The highest BCUT2D eigenvalue weighted by Gasteiger charge is 2.15. The molecule has 4 aromatic carbocycles. The van der Waals surface area contributed by atoms with E-state index in [4.69, 9.17) is 9.47 Å². The van der Waals surface area contributed by atoms with Gasteiger partial charge in [0.25, 0.3) is 10.1 Å². The number of hydrogen-bond donors (Lipinski definition) is 5. The summed E-state index contributed by atoms with van der Waals surface area (Å²) in [6.07, 6.45) is -0.450. The molecule has 0 saturated carbocycles. The number of rotatable bonds is 13. The molecule has 234 valence electrons. The lowest BCUT2D eigenvalue weighted by Gasteiger charge is -2.14. The van der Waals surface area contributed by atoms with E-state index in [1.54, 1.807) is 37.4 Å². The molecule has 0 radical (unpaired) electrons. The smallest absolute Gasteiger partial charge is 0.295 e. The number of ether oxygens (including phenoxy) is 3. The Labute approximate surface area is 252 Å². The molecule has 5 N–H and O–H groups in total. The average molecular weight is 617 g/mol. The van der Waals surface area contributed by atoms with Crippen LogP contribution in [0.1, 0.15) is 0 Å². The van der Waals surface area contributed by atoms with E-state index < -0.39 is 22.3 Å². The fraction of sp³-hybridized carbons (Fsp3) is 0.323. The summed E-state index contributed by atoms with van der Waals surface area (Å²) in [6.45, 7) is 1.51. The Morgan fingerprint density at radius 1 is 0.698 bits per heavy atom. The SMILES string of the molecule is COCC(O)CNc1cccc2c(S(=O)(=O)O)cccc12.COCC(O)CNc1cccc2ccccc12.COCC=O. The number of aliphatic hydroxyl groups excluding tert-OH is 2. The maximum Gasteiger partial charge on any atom is 0.295 e. The lowest BCUT2D eigenvalue weighted by molar-refractivity contribution is -0.110. The van der Waals surface area contributed by atoms with Crippen molar-refractivity contribution in [2.24, 2.45) is 0 Å². The maximum absolute atomic E-state index is 11.4. The predicted molar refractivity (Wildman–Crippen MR) is 168 cm³/mol. The van der Waals surface area contributed by atoms with Gasteiger partial charge in [-0.05, 0) is 23.6 Å². The van der Waals surface area contributed by atoms with Gasteiger partial charge in [-0.15, -0.1) is 0 Å². The molecule has 0 aliphatic rings. The molecule has 11 nitrogen and oxygen atoms in total. The van der Waals surface area contributed by atoms with Crippen LogP contribution < -0.4 is 10.6 Å². The summed E-state index contributed by atoms with van der Waals surface area (Å²) in [6, 6.07) is 24.0. The quantitative estimate of drug-likeness (QED) is 0.110. The molecule has 0 aliphatic heterocycles. The van der Waals surface area contributed by atoms with E-state index in [-0.39, 0.29) is 24.7 Å². The van der Waals surface area contributed by atoms with E-state index in [1.165, 1.54) is 31.1 Å². The standard InChI is InChI=1S/C14H17NO5S.C14H17NO2.C3H6O2/c1-20-9-10(16)8-15-13-6-2-5-12-11(13)4-3-7-14(12)21(17,18)19;1-17-10-12(16)9-15-14-8-4-6-11-5-2-3-7-13(11)14;1-5-3-2-4/h2-7,10,15-16H,8-9H2,1H3,(H,17,18,19);2-8,12,15-16H,9-10H2,1H3;2H,3H2,1H3. The zero-order valence-electron chi connectivity index (χ0n) is 24.5. The second-order valence-electron chi connectivity index (χ2n) is 9.26. The van der Waals surface area contributed by atoms with Crippen molar-refractivity contribution in [2.45, 2.75) is 17.1 Å². The third-order valence-corrected chi connectivity index (χ3v) is 6.87. The summed E-state index contributed by atoms with van der Waals surface area (Å²) in [4.78, 5) is 9.14. The van der Waals surface area contributed by atoms with E-state index in [2.05, 4.69) is 33.6 Å². The molecule has 2 unspecified atom stereocenters. The maximum atomic E-state index is 11.4. The van der Waals surface area contributed by atoms with E-state index in [1.807, 2.05) is 24.3 Å². The molecule has 0 spiro atoms. The van der Waals surface area contributed by atoms with Gasteiger partial charge in [-0.1, -0.05) is 60.7 Å². The molecule has 0 fully saturated rings. The fourth-order valence-electron chi connectivity index (χ4n) is 4.07. The lowest BCUT2D eigenvalue weighted by atomic mass is 10.1. The van der Waals surface area contributed by atoms with Crippen molar-refractivity contribution in [1.29, 1.82) is 0 Å². The molecule has 0 aliphatic carbocycles. The first-order valence-corrected chi connectivity index (χ1v) is 14.8. The minimum Gasteiger partial charge on any atom is -0.389 e. The number of carbonyl (C=O) groups excluding carboxylic acids is 1. The van der Waals surface area contributed by atoms with Crippen LogP contribution in [0.5, 0.6) is 0 Å². The molecule has 43 heavy (non-hydrogen) atoms. The van der Waals surface area contributed by atoms with Gasteiger partial charge in [-0.25, -0.2) is 0 Å². The fourth-order valence-corrected chi connectivity index (χ4v) is 4.77. The van der Waals surface area contributed by atoms with Crippen LogP contribution >= 0.6 is 0 Å². The number of anilines is 2. The third kappa shape index (κ3) is 11.9. The molecular formula is C31H40N2O9S. The molecule has 0 saturated heterocycles. The first kappa shape index (κ1) is 35.6. The van der Waals surface area contributed by atoms with Gasteiger partial charge >= 0.3 is 0 Å². The number of benzene rings is 4. The first-order valence-electron chi connectivity index (χ1n) is 13.4. The molecule has 4 aromatic rings. The van der Waals surface area contributed by atoms with Crippen molar-refractivity contribution in [3.63, 3.8) is 0 Å². The number of fused-ring (bicyclic) bond motifs is 2. The van der Waals surface area contributed by atoms with Gasteiger partial charge < -0.3 is 39.9 Å². The van der Waals surface area contributed by atoms with Crippen molar-refractivity contribution >= 4 is 49.3 Å². The van der Waals surface area contributed by atoms with E-state index in [0.29, 0.717) is 35.9 Å². The minimum absolute atomic E-state index is 0.138. The number of aldehydes is 1. The second kappa shape index (κ2) is 18.8. The van der Waals surface area contributed by atoms with Crippen molar-refractivity contribution in [1.82, 2.24) is 0 Å². The first-order chi connectivity index (χ1) is 20.7. The zero-order valence-corrected chi connectivity index (χ0v) is 25.3. The third-order valence-electron chi connectivity index (χ3n) is 5.96. The van der Waals surface area contributed by atoms with Crippen LogP contribution in [-0.2, 0) is 29.1 Å². The van der Waals surface area contributed by atoms with Crippen LogP contribution in [0.3, 0.4) is 0 Å². The Hall–Kier alpha value is -3.62. The molecule has 0 amide bonds. The van der Waals surface area contributed by atoms with Gasteiger partial charge in [0.2, 0.25) is 0 Å². The van der Waals surface area contributed by atoms with Crippen LogP contribution in [0.2, 0.25) is 0 Å². The van der Waals surface area contributed by atoms with Gasteiger partial charge in [0.05, 0.1) is 25.4 Å². The largest absolute Gasteiger partial charge is 0.389 e. The number of nitrogens with one attached hydrogen (secondary N) is 2. The summed E-state index contributed by atoms with van der Waals surface area (Å²) in [5, 5.41) is 29.0. The van der Waals surface area contributed by atoms with Crippen LogP contribution in [-0.4, -0.2) is 95.9 Å². The summed E-state index contributed by atoms with van der Waals surface area (Å²) >= 11 is 0. The van der Waals surface area contributed by atoms with Crippen LogP contribution in [0.25, 0.3) is 21.5 Å². The minimum atomic E-state index is -4.28. The van der Waals surface area contributed by atoms with Gasteiger partial charge in [-0.2, -0.15) is 8.42 Å². The van der Waals surface area contributed by atoms with Crippen molar-refractivity contribution in [3.8, 4) is 0 Å². The van der Waals surface area contributed by atoms with Crippen molar-refractivity contribution in [2.75, 3.05) is 64.9 Å². The van der Waals surface area contributed by atoms with Crippen LogP contribution in [0, 0.1) is 0 Å². The van der Waals surface area contributed by atoms with E-state index >= 15 is 0 Å². The van der Waals surface area contributed by atoms with Gasteiger partial charge in [-0.3, -0.25) is 4.55 Å². The summed E-state index contributed by atoms with van der Waals surface area (Å²) in [5.41, 5.74) is 1.71. The predicted octanol–water partition coefficient (Wildman–Crippen LogP) is 3.60. The average Bonchev–Trinajstić information content (AvgIpc) is 2.99. The number of methoxy groups -OCH3 is 3. The molecule has 2 atom stereocenters. The summed E-state index contributed by atoms with van der Waals surface area (Å²) < 4.78 is 46.1. The molecular weight excluding hydrogens is 576 g/mol. The van der Waals surface area contributed by atoms with Crippen LogP contribution in [0.15, 0.2) is 83.8 Å². The van der Waals surface area contributed by atoms with E-state index in [0.717, 1.165) is 5.69 Å². The van der Waals surface area contributed by atoms with Gasteiger partial charge in [0.15, 0.2) is 0 Å². The number of aliphatic hydroxyl groups is 2. The Balaban J connectivity index is 0.000000264. The highest BCUT2D eigenvalue weighted by Crippen LogP contribution is 2.28. The molecule has 0 heterocycles. The highest BCUT2D eigenvalue weighted by molar-refractivity contribution is 7.86. The van der Waals surface area contributed by atoms with Gasteiger partial charge in [0, 0.05) is 62.0 Å². The van der Waals surface area contributed by atoms with Gasteiger partial charge in [0.1, 0.15) is 17.8 Å². The number of carbonyl (C=O) groups is 1. The molecule has 12 heteroatoms. The molecule has 4 rings (SSSR count). The zero-order chi connectivity index (χ0) is 31.7. The number of hydrogen-bond acceptors (Lipinski definition) is 10. The summed E-state index contributed by atoms with van der Waals surface area (Å²) in [7, 11) is 0.281. The highest BCUT2D eigenvalue weighted by atomic mass is 32.2. The van der Waals surface area contributed by atoms with E-state index in [9.17, 15) is 28.0 Å². The van der Waals surface area contributed by atoms with Crippen molar-refractivity contribution < 1.29 is 42.2 Å². The lowest BCUT2D eigenvalue weighted by Crippen LogP contribution is -2.24. The van der Waals surface area contributed by atoms with Crippen molar-refractivity contribution in [3.05, 3.63) is 78.9 Å². The Bertz CT molecular complexity index is 1510. The monoisotopic (exact) mass is 616 g/mol. The molecule has 0 bridgehead atoms. The van der Waals surface area contributed by atoms with Crippen LogP contribution in [0.4, 0.5) is 11.4 Å². The Morgan fingerprint density at radius 3 is 1.72 bits per heavy atom. The Morgan fingerprint density at radius 2 is 1.19 bits per heavy atom. The topological polar surface area (TPSA) is 164 Å².